The number of aryl methyl sites for hydroxylation is 2. The molecule has 1 aromatic carbocycles. The van der Waals surface area contributed by atoms with Crippen LogP contribution in [-0.4, -0.2) is 65.8 Å². The number of benzene rings is 1. The predicted molar refractivity (Wildman–Crippen MR) is 102 cm³/mol. The van der Waals surface area contributed by atoms with Crippen LogP contribution < -0.4 is 10.2 Å². The smallest absolute Gasteiger partial charge is 0.324 e. The summed E-state index contributed by atoms with van der Waals surface area (Å²) in [7, 11) is 0. The van der Waals surface area contributed by atoms with Gasteiger partial charge in [-0.25, -0.2) is 4.79 Å². The Labute approximate surface area is 163 Å². The Kier molecular flexibility index (Phi) is 4.56. The molecule has 5 amide bonds. The lowest BCUT2D eigenvalue weighted by atomic mass is 10.1. The van der Waals surface area contributed by atoms with E-state index in [1.807, 2.05) is 32.0 Å². The first kappa shape index (κ1) is 18.5. The molecule has 8 nitrogen and oxygen atoms in total. The number of nitrogens with one attached hydrogen (secondary N) is 1. The van der Waals surface area contributed by atoms with Crippen molar-refractivity contribution in [3.05, 3.63) is 29.3 Å². The van der Waals surface area contributed by atoms with Crippen molar-refractivity contribution in [1.82, 2.24) is 15.1 Å². The van der Waals surface area contributed by atoms with Crippen molar-refractivity contribution in [2.45, 2.75) is 32.7 Å². The lowest BCUT2D eigenvalue weighted by Crippen LogP contribution is -2.44. The van der Waals surface area contributed by atoms with Crippen LogP contribution in [-0.2, 0) is 14.4 Å². The van der Waals surface area contributed by atoms with Crippen molar-refractivity contribution in [2.75, 3.05) is 31.1 Å². The highest BCUT2D eigenvalue weighted by Gasteiger charge is 2.43. The number of hydrogen-bond donors (Lipinski definition) is 1. The number of imide groups is 1. The topological polar surface area (TPSA) is 90.0 Å². The minimum absolute atomic E-state index is 0.0192. The number of anilines is 1. The zero-order valence-electron chi connectivity index (χ0n) is 16.1. The van der Waals surface area contributed by atoms with Crippen molar-refractivity contribution in [1.29, 1.82) is 0 Å². The standard InChI is InChI=1S/C20H24N4O4/c1-12-3-4-15(7-13(12)2)23-10-14(8-17(23)25)19(27)22-6-5-16(11-22)24-18(26)9-21-20(24)28/h3-4,7,14,16H,5-6,8-11H2,1-2H3,(H,21,28). The number of rotatable bonds is 3. The number of amides is 5. The van der Waals surface area contributed by atoms with Crippen LogP contribution in [0.15, 0.2) is 18.2 Å². The van der Waals surface area contributed by atoms with Gasteiger partial charge in [0, 0.05) is 31.7 Å². The summed E-state index contributed by atoms with van der Waals surface area (Å²) in [6.45, 7) is 5.24. The highest BCUT2D eigenvalue weighted by Crippen LogP contribution is 2.29. The highest BCUT2D eigenvalue weighted by atomic mass is 16.2. The third kappa shape index (κ3) is 3.12. The second-order valence-corrected chi connectivity index (χ2v) is 7.82. The maximum Gasteiger partial charge on any atom is 0.324 e. The number of carbonyl (C=O) groups is 4. The lowest BCUT2D eigenvalue weighted by molar-refractivity contribution is -0.135. The summed E-state index contributed by atoms with van der Waals surface area (Å²) in [6.07, 6.45) is 0.766. The van der Waals surface area contributed by atoms with Crippen LogP contribution >= 0.6 is 0 Å². The Morgan fingerprint density at radius 3 is 2.54 bits per heavy atom. The minimum atomic E-state index is -0.393. The van der Waals surface area contributed by atoms with Crippen molar-refractivity contribution < 1.29 is 19.2 Å². The maximum atomic E-state index is 13.0. The average Bonchev–Trinajstić information content (AvgIpc) is 3.36. The van der Waals surface area contributed by atoms with Gasteiger partial charge in [0.05, 0.1) is 18.5 Å². The van der Waals surface area contributed by atoms with Crippen LogP contribution in [0.3, 0.4) is 0 Å². The quantitative estimate of drug-likeness (QED) is 0.781. The molecule has 2 unspecified atom stereocenters. The molecule has 0 aromatic heterocycles. The minimum Gasteiger partial charge on any atom is -0.340 e. The lowest BCUT2D eigenvalue weighted by Gasteiger charge is -2.23. The van der Waals surface area contributed by atoms with E-state index in [4.69, 9.17) is 0 Å². The number of hydrogen-bond acceptors (Lipinski definition) is 4. The van der Waals surface area contributed by atoms with Crippen molar-refractivity contribution in [3.8, 4) is 0 Å². The Bertz CT molecular complexity index is 852. The van der Waals surface area contributed by atoms with E-state index in [0.29, 0.717) is 26.1 Å². The molecule has 0 bridgehead atoms. The van der Waals surface area contributed by atoms with Gasteiger partial charge in [-0.3, -0.25) is 19.3 Å². The SMILES string of the molecule is Cc1ccc(N2CC(C(=O)N3CCC(N4C(=O)CNC4=O)C3)CC2=O)cc1C. The molecular formula is C20H24N4O4. The molecule has 28 heavy (non-hydrogen) atoms. The third-order valence-electron chi connectivity index (χ3n) is 5.99. The summed E-state index contributed by atoms with van der Waals surface area (Å²) < 4.78 is 0. The van der Waals surface area contributed by atoms with E-state index in [2.05, 4.69) is 5.32 Å². The van der Waals surface area contributed by atoms with Crippen molar-refractivity contribution in [3.63, 3.8) is 0 Å². The summed E-state index contributed by atoms with van der Waals surface area (Å²) in [5.41, 5.74) is 3.09. The van der Waals surface area contributed by atoms with E-state index in [9.17, 15) is 19.2 Å². The molecule has 148 valence electrons. The van der Waals surface area contributed by atoms with Gasteiger partial charge < -0.3 is 15.1 Å². The van der Waals surface area contributed by atoms with Crippen molar-refractivity contribution >= 4 is 29.4 Å². The summed E-state index contributed by atoms with van der Waals surface area (Å²) in [6, 6.07) is 5.20. The summed E-state index contributed by atoms with van der Waals surface area (Å²) in [4.78, 5) is 53.8. The zero-order chi connectivity index (χ0) is 20.0. The number of carbonyl (C=O) groups excluding carboxylic acids is 4. The second-order valence-electron chi connectivity index (χ2n) is 7.82. The molecule has 3 heterocycles. The Balaban J connectivity index is 1.42. The van der Waals surface area contributed by atoms with Gasteiger partial charge in [-0.05, 0) is 43.5 Å². The number of nitrogens with zero attached hydrogens (tertiary/aromatic N) is 3. The van der Waals surface area contributed by atoms with Gasteiger partial charge in [-0.15, -0.1) is 0 Å². The van der Waals surface area contributed by atoms with Crippen molar-refractivity contribution in [2.24, 2.45) is 5.92 Å². The summed E-state index contributed by atoms with van der Waals surface area (Å²) >= 11 is 0. The fraction of sp³-hybridized carbons (Fsp3) is 0.500. The van der Waals surface area contributed by atoms with Crippen LogP contribution in [0.5, 0.6) is 0 Å². The molecule has 8 heteroatoms. The Hall–Kier alpha value is -2.90. The van der Waals surface area contributed by atoms with Gasteiger partial charge in [0.1, 0.15) is 0 Å². The normalized spacial score (nSPS) is 25.1. The molecule has 0 radical (unpaired) electrons. The van der Waals surface area contributed by atoms with E-state index >= 15 is 0 Å². The van der Waals surface area contributed by atoms with Gasteiger partial charge >= 0.3 is 6.03 Å². The first-order chi connectivity index (χ1) is 13.3. The maximum absolute atomic E-state index is 13.0. The van der Waals surface area contributed by atoms with E-state index in [0.717, 1.165) is 16.8 Å². The largest absolute Gasteiger partial charge is 0.340 e. The van der Waals surface area contributed by atoms with E-state index in [1.165, 1.54) is 4.90 Å². The molecule has 1 aromatic rings. The number of urea groups is 1. The fourth-order valence-corrected chi connectivity index (χ4v) is 4.23. The van der Waals surface area contributed by atoms with Gasteiger partial charge in [-0.2, -0.15) is 0 Å². The first-order valence-corrected chi connectivity index (χ1v) is 9.61. The molecule has 0 aliphatic carbocycles. The van der Waals surface area contributed by atoms with Gasteiger partial charge in [0.15, 0.2) is 0 Å². The summed E-state index contributed by atoms with van der Waals surface area (Å²) in [5, 5.41) is 2.52. The highest BCUT2D eigenvalue weighted by molar-refractivity contribution is 6.03. The molecular weight excluding hydrogens is 360 g/mol. The van der Waals surface area contributed by atoms with Crippen LogP contribution in [0.1, 0.15) is 24.0 Å². The van der Waals surface area contributed by atoms with Gasteiger partial charge in [0.25, 0.3) is 0 Å². The van der Waals surface area contributed by atoms with Crippen LogP contribution in [0.4, 0.5) is 10.5 Å². The zero-order valence-corrected chi connectivity index (χ0v) is 16.1. The monoisotopic (exact) mass is 384 g/mol. The van der Waals surface area contributed by atoms with Crippen LogP contribution in [0.25, 0.3) is 0 Å². The molecule has 4 rings (SSSR count). The molecule has 3 fully saturated rings. The predicted octanol–water partition coefficient (Wildman–Crippen LogP) is 0.809. The summed E-state index contributed by atoms with van der Waals surface area (Å²) in [5.74, 6) is -0.766. The third-order valence-corrected chi connectivity index (χ3v) is 5.99. The molecule has 0 saturated carbocycles. The van der Waals surface area contributed by atoms with Gasteiger partial charge in [-0.1, -0.05) is 6.07 Å². The van der Waals surface area contributed by atoms with E-state index in [1.54, 1.807) is 9.80 Å². The Morgan fingerprint density at radius 1 is 1.07 bits per heavy atom. The molecule has 1 N–H and O–H groups in total. The van der Waals surface area contributed by atoms with Crippen LogP contribution in [0, 0.1) is 19.8 Å². The molecule has 0 spiro atoms. The van der Waals surface area contributed by atoms with E-state index < -0.39 is 5.92 Å². The molecule has 2 atom stereocenters. The van der Waals surface area contributed by atoms with E-state index in [-0.39, 0.29) is 42.8 Å². The van der Waals surface area contributed by atoms with Gasteiger partial charge in [0.2, 0.25) is 17.7 Å². The average molecular weight is 384 g/mol. The molecule has 3 saturated heterocycles. The molecule has 3 aliphatic rings. The second kappa shape index (κ2) is 6.92. The number of likely N-dealkylation sites (tertiary alicyclic amines) is 1. The fourth-order valence-electron chi connectivity index (χ4n) is 4.23. The Morgan fingerprint density at radius 2 is 1.86 bits per heavy atom. The molecule has 3 aliphatic heterocycles. The first-order valence-electron chi connectivity index (χ1n) is 9.61. The van der Waals surface area contributed by atoms with Crippen LogP contribution in [0.2, 0.25) is 0 Å².